The summed E-state index contributed by atoms with van der Waals surface area (Å²) in [5.74, 6) is 1.55. The van der Waals surface area contributed by atoms with Gasteiger partial charge >= 0.3 is 0 Å². The Morgan fingerprint density at radius 1 is 1.19 bits per heavy atom. The first kappa shape index (κ1) is 20.3. The van der Waals surface area contributed by atoms with Gasteiger partial charge in [-0.3, -0.25) is 4.79 Å². The number of methoxy groups -OCH3 is 1. The summed E-state index contributed by atoms with van der Waals surface area (Å²) in [4.78, 5) is 24.3. The minimum absolute atomic E-state index is 0.0336. The van der Waals surface area contributed by atoms with Gasteiger partial charge in [0, 0.05) is 36.5 Å². The minimum atomic E-state index is -0.875. The fraction of sp³-hybridized carbons (Fsp3) is 0.520. The SMILES string of the molecule is COC1=CC(c2ccc[nH]2)=NC12OC(C)CC1CCCCC(=O)CCc3ccc([nH]3)C12. The first-order chi connectivity index (χ1) is 15.1. The van der Waals surface area contributed by atoms with Crippen LogP contribution in [0.15, 0.2) is 47.3 Å². The summed E-state index contributed by atoms with van der Waals surface area (Å²) in [5.41, 5.74) is 3.17. The molecule has 164 valence electrons. The van der Waals surface area contributed by atoms with Crippen molar-refractivity contribution < 1.29 is 14.3 Å². The molecule has 31 heavy (non-hydrogen) atoms. The topological polar surface area (TPSA) is 79.5 Å². The number of allylic oxidation sites excluding steroid dienone is 1. The molecule has 3 aliphatic heterocycles. The van der Waals surface area contributed by atoms with E-state index in [-0.39, 0.29) is 12.0 Å². The molecule has 0 aromatic carbocycles. The van der Waals surface area contributed by atoms with E-state index in [1.807, 2.05) is 24.4 Å². The molecule has 6 nitrogen and oxygen atoms in total. The normalized spacial score (nSPS) is 31.4. The Hall–Kier alpha value is -2.60. The predicted molar refractivity (Wildman–Crippen MR) is 119 cm³/mol. The summed E-state index contributed by atoms with van der Waals surface area (Å²) in [5, 5.41) is 0. The van der Waals surface area contributed by atoms with E-state index in [9.17, 15) is 4.79 Å². The van der Waals surface area contributed by atoms with Gasteiger partial charge in [0.1, 0.15) is 5.78 Å². The molecule has 2 aromatic rings. The highest BCUT2D eigenvalue weighted by Crippen LogP contribution is 2.53. The lowest BCUT2D eigenvalue weighted by Gasteiger charge is -2.47. The summed E-state index contributed by atoms with van der Waals surface area (Å²) in [6.07, 6.45) is 10.0. The molecular formula is C25H31N3O3. The van der Waals surface area contributed by atoms with Crippen LogP contribution in [0.2, 0.25) is 0 Å². The van der Waals surface area contributed by atoms with Crippen LogP contribution in [0.4, 0.5) is 0 Å². The van der Waals surface area contributed by atoms with E-state index >= 15 is 0 Å². The Kier molecular flexibility index (Phi) is 5.34. The van der Waals surface area contributed by atoms with Gasteiger partial charge in [0.2, 0.25) is 5.72 Å². The van der Waals surface area contributed by atoms with Gasteiger partial charge < -0.3 is 19.4 Å². The van der Waals surface area contributed by atoms with Crippen LogP contribution in [-0.2, 0) is 20.7 Å². The maximum absolute atomic E-state index is 12.2. The number of H-pyrrole nitrogens is 2. The monoisotopic (exact) mass is 421 g/mol. The molecular weight excluding hydrogens is 390 g/mol. The Bertz CT molecular complexity index is 1000. The molecule has 6 heteroatoms. The number of nitrogens with zero attached hydrogens (tertiary/aromatic N) is 1. The van der Waals surface area contributed by atoms with E-state index in [4.69, 9.17) is 14.5 Å². The largest absolute Gasteiger partial charge is 0.496 e. The molecule has 2 bridgehead atoms. The summed E-state index contributed by atoms with van der Waals surface area (Å²) in [6, 6.07) is 8.27. The number of carbonyl (C=O) groups excluding carboxylic acids is 1. The number of ether oxygens (including phenoxy) is 2. The molecule has 0 amide bonds. The standard InChI is InChI=1S/C25H31N3O3/c1-16-14-17-6-3-4-7-19(29)11-9-18-10-12-21(27-18)24(17)25(31-16)23(30-2)15-22(28-25)20-8-5-13-26-20/h5,8,10,12-13,15-17,24,26-27H,3-4,6-7,9,11,14H2,1-2H3. The van der Waals surface area contributed by atoms with Crippen molar-refractivity contribution in [2.45, 2.75) is 69.6 Å². The van der Waals surface area contributed by atoms with Crippen molar-refractivity contribution in [2.75, 3.05) is 7.11 Å². The number of nitrogens with one attached hydrogen (secondary N) is 2. The number of aromatic nitrogens is 2. The average Bonchev–Trinajstić information content (AvgIpc) is 3.49. The van der Waals surface area contributed by atoms with E-state index in [0.29, 0.717) is 24.5 Å². The Morgan fingerprint density at radius 3 is 2.90 bits per heavy atom. The molecule has 5 rings (SSSR count). The molecule has 2 aromatic heterocycles. The number of aliphatic imine (C=N–C) groups is 1. The van der Waals surface area contributed by atoms with Gasteiger partial charge in [-0.1, -0.05) is 6.42 Å². The van der Waals surface area contributed by atoms with Crippen molar-refractivity contribution in [3.8, 4) is 0 Å². The predicted octanol–water partition coefficient (Wildman–Crippen LogP) is 4.66. The van der Waals surface area contributed by atoms with Gasteiger partial charge in [0.05, 0.1) is 30.5 Å². The highest BCUT2D eigenvalue weighted by Gasteiger charge is 2.56. The van der Waals surface area contributed by atoms with Gasteiger partial charge in [-0.25, -0.2) is 4.99 Å². The molecule has 0 radical (unpaired) electrons. The first-order valence-corrected chi connectivity index (χ1v) is 11.5. The third-order valence-electron chi connectivity index (χ3n) is 6.97. The van der Waals surface area contributed by atoms with Crippen LogP contribution in [0, 0.1) is 5.92 Å². The number of carbonyl (C=O) groups is 1. The van der Waals surface area contributed by atoms with Crippen molar-refractivity contribution in [1.29, 1.82) is 0 Å². The lowest BCUT2D eigenvalue weighted by atomic mass is 9.73. The molecule has 3 aliphatic rings. The number of fused-ring (bicyclic) bond motifs is 5. The van der Waals surface area contributed by atoms with Crippen molar-refractivity contribution in [3.63, 3.8) is 0 Å². The Labute approximate surface area is 183 Å². The van der Waals surface area contributed by atoms with Gasteiger partial charge in [-0.05, 0) is 62.8 Å². The molecule has 0 aliphatic carbocycles. The molecule has 1 spiro atoms. The number of hydrogen-bond donors (Lipinski definition) is 2. The molecule has 2 N–H and O–H groups in total. The maximum atomic E-state index is 12.2. The number of aryl methyl sites for hydroxylation is 1. The van der Waals surface area contributed by atoms with Gasteiger partial charge in [-0.15, -0.1) is 0 Å². The summed E-state index contributed by atoms with van der Waals surface area (Å²) >= 11 is 0. The van der Waals surface area contributed by atoms with E-state index in [0.717, 1.165) is 60.7 Å². The number of rotatable bonds is 2. The van der Waals surface area contributed by atoms with Crippen molar-refractivity contribution in [2.24, 2.45) is 10.9 Å². The van der Waals surface area contributed by atoms with Gasteiger partial charge in [-0.2, -0.15) is 0 Å². The molecule has 1 saturated heterocycles. The lowest BCUT2D eigenvalue weighted by molar-refractivity contribution is -0.147. The second kappa shape index (κ2) is 8.15. The fourth-order valence-corrected chi connectivity index (χ4v) is 5.61. The van der Waals surface area contributed by atoms with E-state index < -0.39 is 5.72 Å². The van der Waals surface area contributed by atoms with Crippen LogP contribution in [0.1, 0.15) is 68.4 Å². The first-order valence-electron chi connectivity index (χ1n) is 11.5. The number of ketones is 1. The number of hydrogen-bond acceptors (Lipinski definition) is 4. The fourth-order valence-electron chi connectivity index (χ4n) is 5.61. The smallest absolute Gasteiger partial charge is 0.226 e. The summed E-state index contributed by atoms with van der Waals surface area (Å²) in [7, 11) is 1.71. The van der Waals surface area contributed by atoms with Crippen LogP contribution in [0.3, 0.4) is 0 Å². The second-order valence-electron chi connectivity index (χ2n) is 9.12. The average molecular weight is 422 g/mol. The highest BCUT2D eigenvalue weighted by atomic mass is 16.6. The van der Waals surface area contributed by atoms with Crippen LogP contribution >= 0.6 is 0 Å². The van der Waals surface area contributed by atoms with Crippen LogP contribution in [0.5, 0.6) is 0 Å². The molecule has 1 fully saturated rings. The zero-order valence-corrected chi connectivity index (χ0v) is 18.3. The summed E-state index contributed by atoms with van der Waals surface area (Å²) in [6.45, 7) is 2.13. The van der Waals surface area contributed by atoms with Gasteiger partial charge in [0.25, 0.3) is 0 Å². The van der Waals surface area contributed by atoms with Crippen molar-refractivity contribution in [3.05, 3.63) is 59.4 Å². The minimum Gasteiger partial charge on any atom is -0.496 e. The second-order valence-corrected chi connectivity index (χ2v) is 9.12. The van der Waals surface area contributed by atoms with Crippen molar-refractivity contribution >= 4 is 11.5 Å². The summed E-state index contributed by atoms with van der Waals surface area (Å²) < 4.78 is 12.6. The lowest BCUT2D eigenvalue weighted by Crippen LogP contribution is -2.49. The van der Waals surface area contributed by atoms with Crippen molar-refractivity contribution in [1.82, 2.24) is 9.97 Å². The van der Waals surface area contributed by atoms with E-state index in [2.05, 4.69) is 29.0 Å². The van der Waals surface area contributed by atoms with Crippen LogP contribution in [0.25, 0.3) is 0 Å². The van der Waals surface area contributed by atoms with E-state index in [1.54, 1.807) is 7.11 Å². The van der Waals surface area contributed by atoms with E-state index in [1.165, 1.54) is 0 Å². The molecule has 4 atom stereocenters. The highest BCUT2D eigenvalue weighted by molar-refractivity contribution is 6.09. The number of Topliss-reactive ketones (excluding diaryl/α,β-unsaturated/α-hetero) is 1. The third kappa shape index (κ3) is 3.67. The van der Waals surface area contributed by atoms with Gasteiger partial charge in [0.15, 0.2) is 5.76 Å². The van der Waals surface area contributed by atoms with Crippen LogP contribution < -0.4 is 0 Å². The zero-order valence-electron chi connectivity index (χ0n) is 18.3. The Morgan fingerprint density at radius 2 is 2.10 bits per heavy atom. The van der Waals surface area contributed by atoms with Crippen LogP contribution in [-0.4, -0.2) is 40.4 Å². The Balaban J connectivity index is 1.61. The molecule has 0 saturated carbocycles. The third-order valence-corrected chi connectivity index (χ3v) is 6.97. The molecule has 4 unspecified atom stereocenters. The number of aromatic amines is 2. The maximum Gasteiger partial charge on any atom is 0.226 e. The zero-order chi connectivity index (χ0) is 21.4. The molecule has 5 heterocycles. The quantitative estimate of drug-likeness (QED) is 0.740.